The number of halogens is 1. The Labute approximate surface area is 107 Å². The number of carboxylic acids is 1. The molecular formula is C11H9FN2O4S. The molecule has 8 heteroatoms. The second kappa shape index (κ2) is 4.47. The summed E-state index contributed by atoms with van der Waals surface area (Å²) in [7, 11) is -3.70. The first-order chi connectivity index (χ1) is 8.79. The highest BCUT2D eigenvalue weighted by atomic mass is 32.2. The second-order valence-electron chi connectivity index (χ2n) is 3.89. The molecule has 1 aromatic carbocycles. The van der Waals surface area contributed by atoms with Crippen LogP contribution in [0.25, 0.3) is 11.3 Å². The molecule has 6 nitrogen and oxygen atoms in total. The second-order valence-corrected chi connectivity index (χ2v) is 5.87. The molecule has 2 aromatic rings. The SMILES string of the molecule is CS(=O)(=O)c1cc(-c2cc(C(=O)O)[nH]n2)ccc1F. The maximum absolute atomic E-state index is 13.4. The molecule has 0 atom stereocenters. The minimum Gasteiger partial charge on any atom is -0.477 e. The van der Waals surface area contributed by atoms with Gasteiger partial charge in [0.25, 0.3) is 0 Å². The number of sulfone groups is 1. The lowest BCUT2D eigenvalue weighted by Gasteiger charge is -2.02. The average Bonchev–Trinajstić information content (AvgIpc) is 2.77. The van der Waals surface area contributed by atoms with Gasteiger partial charge in [-0.15, -0.1) is 0 Å². The van der Waals surface area contributed by atoms with Crippen molar-refractivity contribution in [2.75, 3.05) is 6.26 Å². The van der Waals surface area contributed by atoms with Crippen molar-refractivity contribution in [3.8, 4) is 11.3 Å². The number of benzene rings is 1. The normalized spacial score (nSPS) is 11.5. The van der Waals surface area contributed by atoms with Crippen molar-refractivity contribution in [1.29, 1.82) is 0 Å². The Bertz CT molecular complexity index is 752. The van der Waals surface area contributed by atoms with Crippen molar-refractivity contribution < 1.29 is 22.7 Å². The van der Waals surface area contributed by atoms with E-state index in [-0.39, 0.29) is 11.4 Å². The number of hydrogen-bond donors (Lipinski definition) is 2. The molecule has 0 radical (unpaired) electrons. The fourth-order valence-corrected chi connectivity index (χ4v) is 2.29. The van der Waals surface area contributed by atoms with Crippen LogP contribution in [-0.4, -0.2) is 35.9 Å². The maximum Gasteiger partial charge on any atom is 0.353 e. The summed E-state index contributed by atoms with van der Waals surface area (Å²) in [4.78, 5) is 10.2. The molecule has 0 unspecified atom stereocenters. The van der Waals surface area contributed by atoms with Crippen molar-refractivity contribution in [3.05, 3.63) is 35.8 Å². The molecule has 0 saturated heterocycles. The van der Waals surface area contributed by atoms with E-state index in [4.69, 9.17) is 5.11 Å². The van der Waals surface area contributed by atoms with E-state index in [0.29, 0.717) is 5.56 Å². The molecule has 0 aliphatic rings. The summed E-state index contributed by atoms with van der Waals surface area (Å²) in [6.45, 7) is 0. The topological polar surface area (TPSA) is 100 Å². The van der Waals surface area contributed by atoms with Crippen molar-refractivity contribution in [1.82, 2.24) is 10.2 Å². The highest BCUT2D eigenvalue weighted by Crippen LogP contribution is 2.23. The van der Waals surface area contributed by atoms with Crippen LogP contribution in [0, 0.1) is 5.82 Å². The van der Waals surface area contributed by atoms with E-state index in [9.17, 15) is 17.6 Å². The largest absolute Gasteiger partial charge is 0.477 e. The highest BCUT2D eigenvalue weighted by Gasteiger charge is 2.16. The van der Waals surface area contributed by atoms with Gasteiger partial charge in [0.05, 0.1) is 5.69 Å². The van der Waals surface area contributed by atoms with E-state index in [1.807, 2.05) is 0 Å². The van der Waals surface area contributed by atoms with Crippen LogP contribution in [0.4, 0.5) is 4.39 Å². The minimum absolute atomic E-state index is 0.139. The molecule has 100 valence electrons. The van der Waals surface area contributed by atoms with E-state index < -0.39 is 26.5 Å². The third-order valence-corrected chi connectivity index (χ3v) is 3.55. The van der Waals surface area contributed by atoms with Gasteiger partial charge >= 0.3 is 5.97 Å². The van der Waals surface area contributed by atoms with Crippen molar-refractivity contribution in [2.45, 2.75) is 4.90 Å². The number of rotatable bonds is 3. The van der Waals surface area contributed by atoms with Gasteiger partial charge in [-0.05, 0) is 24.3 Å². The summed E-state index contributed by atoms with van der Waals surface area (Å²) in [5.74, 6) is -2.05. The zero-order valence-electron chi connectivity index (χ0n) is 9.71. The molecule has 0 spiro atoms. The quantitative estimate of drug-likeness (QED) is 0.885. The van der Waals surface area contributed by atoms with Crippen LogP contribution >= 0.6 is 0 Å². The monoisotopic (exact) mass is 284 g/mol. The molecule has 0 amide bonds. The van der Waals surface area contributed by atoms with Crippen molar-refractivity contribution in [3.63, 3.8) is 0 Å². The minimum atomic E-state index is -3.70. The zero-order chi connectivity index (χ0) is 14.2. The number of aromatic carboxylic acids is 1. The Morgan fingerprint density at radius 3 is 2.58 bits per heavy atom. The molecular weight excluding hydrogens is 275 g/mol. The first-order valence-corrected chi connectivity index (χ1v) is 6.97. The van der Waals surface area contributed by atoms with E-state index in [2.05, 4.69) is 10.2 Å². The maximum atomic E-state index is 13.4. The third-order valence-electron chi connectivity index (χ3n) is 2.43. The molecule has 0 aliphatic carbocycles. The Kier molecular flexibility index (Phi) is 3.11. The van der Waals surface area contributed by atoms with Crippen LogP contribution in [0.2, 0.25) is 0 Å². The van der Waals surface area contributed by atoms with Gasteiger partial charge in [0.15, 0.2) is 9.84 Å². The Balaban J connectivity index is 2.54. The number of nitrogens with one attached hydrogen (secondary N) is 1. The van der Waals surface area contributed by atoms with E-state index in [1.54, 1.807) is 0 Å². The lowest BCUT2D eigenvalue weighted by atomic mass is 10.1. The zero-order valence-corrected chi connectivity index (χ0v) is 10.5. The standard InChI is InChI=1S/C11H9FN2O4S/c1-19(17,18)10-4-6(2-3-7(10)12)8-5-9(11(15)16)14-13-8/h2-5H,1H3,(H,13,14)(H,15,16). The number of H-pyrrole nitrogens is 1. The van der Waals surface area contributed by atoms with Gasteiger partial charge in [0.2, 0.25) is 0 Å². The summed E-state index contributed by atoms with van der Waals surface area (Å²) >= 11 is 0. The molecule has 0 aliphatic heterocycles. The molecule has 0 saturated carbocycles. The van der Waals surface area contributed by atoms with Gasteiger partial charge in [0, 0.05) is 11.8 Å². The van der Waals surface area contributed by atoms with Crippen LogP contribution < -0.4 is 0 Å². The number of carbonyl (C=O) groups is 1. The predicted molar refractivity (Wildman–Crippen MR) is 64.1 cm³/mol. The van der Waals surface area contributed by atoms with Crippen LogP contribution in [0.3, 0.4) is 0 Å². The van der Waals surface area contributed by atoms with Gasteiger partial charge in [0.1, 0.15) is 16.4 Å². The number of carboxylic acid groups (broad SMARTS) is 1. The highest BCUT2D eigenvalue weighted by molar-refractivity contribution is 7.90. The van der Waals surface area contributed by atoms with Crippen LogP contribution in [0.5, 0.6) is 0 Å². The van der Waals surface area contributed by atoms with Crippen LogP contribution in [-0.2, 0) is 9.84 Å². The Hall–Kier alpha value is -2.22. The van der Waals surface area contributed by atoms with Crippen molar-refractivity contribution in [2.24, 2.45) is 0 Å². The van der Waals surface area contributed by atoms with E-state index in [0.717, 1.165) is 18.4 Å². The first kappa shape index (κ1) is 13.2. The molecule has 0 fully saturated rings. The van der Waals surface area contributed by atoms with Crippen molar-refractivity contribution >= 4 is 15.8 Å². The van der Waals surface area contributed by atoms with Gasteiger partial charge in [-0.25, -0.2) is 17.6 Å². The number of hydrogen-bond acceptors (Lipinski definition) is 4. The molecule has 19 heavy (non-hydrogen) atoms. The summed E-state index contributed by atoms with van der Waals surface area (Å²) in [6.07, 6.45) is 0.891. The van der Waals surface area contributed by atoms with Crippen LogP contribution in [0.15, 0.2) is 29.2 Å². The fraction of sp³-hybridized carbons (Fsp3) is 0.0909. The molecule has 0 bridgehead atoms. The predicted octanol–water partition coefficient (Wildman–Crippen LogP) is 1.32. The van der Waals surface area contributed by atoms with E-state index in [1.165, 1.54) is 12.1 Å². The third kappa shape index (κ3) is 2.63. The van der Waals surface area contributed by atoms with Gasteiger partial charge in [-0.1, -0.05) is 0 Å². The summed E-state index contributed by atoms with van der Waals surface area (Å²) in [6, 6.07) is 4.68. The van der Waals surface area contributed by atoms with Crippen LogP contribution in [0.1, 0.15) is 10.5 Å². The average molecular weight is 284 g/mol. The molecule has 2 N–H and O–H groups in total. The molecule has 2 rings (SSSR count). The lowest BCUT2D eigenvalue weighted by molar-refractivity contribution is 0.0690. The Morgan fingerprint density at radius 2 is 2.05 bits per heavy atom. The first-order valence-electron chi connectivity index (χ1n) is 5.08. The molecule has 1 aromatic heterocycles. The number of aromatic nitrogens is 2. The Morgan fingerprint density at radius 1 is 1.37 bits per heavy atom. The molecule has 1 heterocycles. The summed E-state index contributed by atoms with van der Waals surface area (Å²) in [5, 5.41) is 14.8. The number of nitrogens with zero attached hydrogens (tertiary/aromatic N) is 1. The van der Waals surface area contributed by atoms with Gasteiger partial charge in [-0.2, -0.15) is 5.10 Å². The van der Waals surface area contributed by atoms with Gasteiger partial charge < -0.3 is 5.11 Å². The smallest absolute Gasteiger partial charge is 0.353 e. The lowest BCUT2D eigenvalue weighted by Crippen LogP contribution is -2.01. The van der Waals surface area contributed by atoms with Gasteiger partial charge in [-0.3, -0.25) is 5.10 Å². The summed E-state index contributed by atoms with van der Waals surface area (Å²) in [5.41, 5.74) is 0.396. The van der Waals surface area contributed by atoms with E-state index >= 15 is 0 Å². The summed E-state index contributed by atoms with van der Waals surface area (Å²) < 4.78 is 36.2. The fourth-order valence-electron chi connectivity index (χ4n) is 1.53. The number of aromatic amines is 1.